The molecule has 0 fully saturated rings. The van der Waals surface area contributed by atoms with Gasteiger partial charge in [-0.1, -0.05) is 0 Å². The summed E-state index contributed by atoms with van der Waals surface area (Å²) in [6, 6.07) is 2.79. The summed E-state index contributed by atoms with van der Waals surface area (Å²) in [5.74, 6) is -0.139. The second-order valence-corrected chi connectivity index (χ2v) is 4.04. The highest BCUT2D eigenvalue weighted by atomic mass is 16.6. The Morgan fingerprint density at radius 3 is 2.05 bits per heavy atom. The summed E-state index contributed by atoms with van der Waals surface area (Å²) >= 11 is 0. The van der Waals surface area contributed by atoms with Crippen molar-refractivity contribution >= 4 is 5.97 Å². The minimum absolute atomic E-state index is 0.0805. The van der Waals surface area contributed by atoms with Crippen molar-refractivity contribution in [2.24, 2.45) is 0 Å². The lowest BCUT2D eigenvalue weighted by Gasteiger charge is -2.19. The molecule has 0 spiro atoms. The van der Waals surface area contributed by atoms with Crippen molar-refractivity contribution in [2.45, 2.75) is 19.1 Å². The third kappa shape index (κ3) is 3.60. The predicted octanol–water partition coefficient (Wildman–Crippen LogP) is 0.0157. The normalized spacial score (nSPS) is 13.5. The topological polar surface area (TPSA) is 105 Å². The summed E-state index contributed by atoms with van der Waals surface area (Å²) in [6.07, 6.45) is -2.67. The highest BCUT2D eigenvalue weighted by molar-refractivity contribution is 5.72. The van der Waals surface area contributed by atoms with Crippen molar-refractivity contribution in [1.29, 1.82) is 0 Å². The molecule has 3 N–H and O–H groups in total. The number of carbonyl (C=O) groups is 1. The number of aliphatic hydroxyl groups is 3. The van der Waals surface area contributed by atoms with Gasteiger partial charge in [0.1, 0.15) is 12.2 Å². The lowest BCUT2D eigenvalue weighted by molar-refractivity contribution is -0.132. The van der Waals surface area contributed by atoms with Gasteiger partial charge in [0.15, 0.2) is 11.5 Å². The van der Waals surface area contributed by atoms with Gasteiger partial charge in [-0.2, -0.15) is 0 Å². The number of methoxy groups -OCH3 is 2. The Morgan fingerprint density at radius 2 is 1.70 bits per heavy atom. The fraction of sp³-hybridized carbons (Fsp3) is 0.462. The number of aliphatic hydroxyl groups excluding tert-OH is 3. The minimum atomic E-state index is -1.34. The second-order valence-electron chi connectivity index (χ2n) is 4.04. The smallest absolute Gasteiger partial charge is 0.308 e. The van der Waals surface area contributed by atoms with E-state index in [0.29, 0.717) is 0 Å². The van der Waals surface area contributed by atoms with Gasteiger partial charge >= 0.3 is 5.97 Å². The van der Waals surface area contributed by atoms with E-state index >= 15 is 0 Å². The molecule has 0 saturated heterocycles. The van der Waals surface area contributed by atoms with Crippen molar-refractivity contribution in [1.82, 2.24) is 0 Å². The lowest BCUT2D eigenvalue weighted by Crippen LogP contribution is -2.22. The van der Waals surface area contributed by atoms with Crippen LogP contribution in [0.4, 0.5) is 0 Å². The van der Waals surface area contributed by atoms with E-state index in [1.807, 2.05) is 0 Å². The van der Waals surface area contributed by atoms with Crippen LogP contribution in [0.25, 0.3) is 0 Å². The fourth-order valence-electron chi connectivity index (χ4n) is 1.64. The standard InChI is InChI=1S/C13H18O7/c1-7(15)20-13-10(18-2)4-8(5-11(13)19-3)12(17)9(16)6-14/h4-5,9,12,14,16-17H,6H2,1-3H3. The molecule has 0 aliphatic heterocycles. The number of hydrogen-bond acceptors (Lipinski definition) is 7. The molecule has 0 bridgehead atoms. The minimum Gasteiger partial charge on any atom is -0.493 e. The maximum atomic E-state index is 11.1. The highest BCUT2D eigenvalue weighted by Gasteiger charge is 2.23. The first-order valence-corrected chi connectivity index (χ1v) is 5.85. The van der Waals surface area contributed by atoms with Crippen LogP contribution < -0.4 is 14.2 Å². The average Bonchev–Trinajstić information content (AvgIpc) is 2.45. The Kier molecular flexibility index (Phi) is 5.75. The first-order valence-electron chi connectivity index (χ1n) is 5.85. The van der Waals surface area contributed by atoms with Crippen LogP contribution in [0.5, 0.6) is 17.2 Å². The van der Waals surface area contributed by atoms with Crippen molar-refractivity contribution in [3.05, 3.63) is 17.7 Å². The maximum Gasteiger partial charge on any atom is 0.308 e. The molecule has 0 aliphatic carbocycles. The third-order valence-corrected chi connectivity index (χ3v) is 2.62. The van der Waals surface area contributed by atoms with E-state index in [9.17, 15) is 15.0 Å². The summed E-state index contributed by atoms with van der Waals surface area (Å²) in [7, 11) is 2.72. The Bertz CT molecular complexity index is 447. The van der Waals surface area contributed by atoms with Crippen LogP contribution in [0.15, 0.2) is 12.1 Å². The molecular weight excluding hydrogens is 268 g/mol. The SMILES string of the molecule is COc1cc(C(O)C(O)CO)cc(OC)c1OC(C)=O. The molecular formula is C13H18O7. The maximum absolute atomic E-state index is 11.1. The van der Waals surface area contributed by atoms with Gasteiger partial charge in [-0.25, -0.2) is 0 Å². The monoisotopic (exact) mass is 286 g/mol. The predicted molar refractivity (Wildman–Crippen MR) is 68.9 cm³/mol. The first-order chi connectivity index (χ1) is 9.44. The molecule has 20 heavy (non-hydrogen) atoms. The quantitative estimate of drug-likeness (QED) is 0.500. The Hall–Kier alpha value is -1.83. The number of ether oxygens (including phenoxy) is 3. The number of rotatable bonds is 6. The van der Waals surface area contributed by atoms with Gasteiger partial charge in [0.25, 0.3) is 0 Å². The first kappa shape index (κ1) is 16.2. The number of carbonyl (C=O) groups excluding carboxylic acids is 1. The summed E-state index contributed by atoms with van der Waals surface area (Å²) in [5.41, 5.74) is 0.260. The molecule has 7 heteroatoms. The molecule has 1 rings (SSSR count). The van der Waals surface area contributed by atoms with Gasteiger partial charge in [0.05, 0.1) is 20.8 Å². The van der Waals surface area contributed by atoms with Crippen molar-refractivity contribution in [3.8, 4) is 17.2 Å². The Morgan fingerprint density at radius 1 is 1.20 bits per heavy atom. The van der Waals surface area contributed by atoms with Crippen molar-refractivity contribution in [3.63, 3.8) is 0 Å². The van der Waals surface area contributed by atoms with Gasteiger partial charge in [-0.3, -0.25) is 4.79 Å². The summed E-state index contributed by atoms with van der Waals surface area (Å²) < 4.78 is 15.2. The fourth-order valence-corrected chi connectivity index (χ4v) is 1.64. The number of benzene rings is 1. The van der Waals surface area contributed by atoms with Gasteiger partial charge in [0, 0.05) is 6.92 Å². The van der Waals surface area contributed by atoms with Gasteiger partial charge in [-0.15, -0.1) is 0 Å². The van der Waals surface area contributed by atoms with Crippen LogP contribution >= 0.6 is 0 Å². The largest absolute Gasteiger partial charge is 0.493 e. The molecule has 2 unspecified atom stereocenters. The molecule has 2 atom stereocenters. The van der Waals surface area contributed by atoms with Crippen LogP contribution in [0.1, 0.15) is 18.6 Å². The van der Waals surface area contributed by atoms with Gasteiger partial charge < -0.3 is 29.5 Å². The zero-order valence-corrected chi connectivity index (χ0v) is 11.5. The molecule has 1 aromatic rings. The molecule has 0 heterocycles. The van der Waals surface area contributed by atoms with E-state index in [4.69, 9.17) is 19.3 Å². The highest BCUT2D eigenvalue weighted by Crippen LogP contribution is 2.40. The molecule has 7 nitrogen and oxygen atoms in total. The van der Waals surface area contributed by atoms with Crippen LogP contribution in [-0.2, 0) is 4.79 Å². The Balaban J connectivity index is 3.28. The number of esters is 1. The van der Waals surface area contributed by atoms with E-state index in [1.54, 1.807) is 0 Å². The molecule has 0 radical (unpaired) electrons. The zero-order chi connectivity index (χ0) is 15.3. The summed E-state index contributed by atoms with van der Waals surface area (Å²) in [6.45, 7) is 0.634. The molecule has 0 aromatic heterocycles. The molecule has 0 aliphatic rings. The van der Waals surface area contributed by atoms with Crippen LogP contribution in [0.3, 0.4) is 0 Å². The average molecular weight is 286 g/mol. The molecule has 0 saturated carbocycles. The van der Waals surface area contributed by atoms with Gasteiger partial charge in [0.2, 0.25) is 5.75 Å². The molecule has 0 amide bonds. The molecule has 1 aromatic carbocycles. The van der Waals surface area contributed by atoms with E-state index in [1.165, 1.54) is 33.3 Å². The van der Waals surface area contributed by atoms with E-state index in [0.717, 1.165) is 0 Å². The van der Waals surface area contributed by atoms with Crippen LogP contribution in [0, 0.1) is 0 Å². The Labute approximate surface area is 116 Å². The van der Waals surface area contributed by atoms with Crippen molar-refractivity contribution < 1.29 is 34.3 Å². The van der Waals surface area contributed by atoms with Crippen molar-refractivity contribution in [2.75, 3.05) is 20.8 Å². The summed E-state index contributed by atoms with van der Waals surface area (Å²) in [5, 5.41) is 28.2. The second kappa shape index (κ2) is 7.09. The lowest BCUT2D eigenvalue weighted by atomic mass is 10.0. The molecule has 112 valence electrons. The summed E-state index contributed by atoms with van der Waals surface area (Å²) in [4.78, 5) is 11.1. The van der Waals surface area contributed by atoms with E-state index in [-0.39, 0.29) is 22.8 Å². The number of hydrogen-bond donors (Lipinski definition) is 3. The third-order valence-electron chi connectivity index (χ3n) is 2.62. The van der Waals surface area contributed by atoms with Crippen LogP contribution in [-0.4, -0.2) is 48.2 Å². The van der Waals surface area contributed by atoms with Crippen LogP contribution in [0.2, 0.25) is 0 Å². The van der Waals surface area contributed by atoms with Gasteiger partial charge in [-0.05, 0) is 17.7 Å². The zero-order valence-electron chi connectivity index (χ0n) is 11.5. The van der Waals surface area contributed by atoms with E-state index < -0.39 is 24.8 Å². The van der Waals surface area contributed by atoms with E-state index in [2.05, 4.69) is 0 Å².